The van der Waals surface area contributed by atoms with E-state index in [0.717, 1.165) is 17.5 Å². The van der Waals surface area contributed by atoms with Crippen LogP contribution in [0, 0.1) is 45.6 Å². The first-order valence-electron chi connectivity index (χ1n) is 9.66. The van der Waals surface area contributed by atoms with Gasteiger partial charge < -0.3 is 9.84 Å². The molecule has 6 unspecified atom stereocenters. The Balaban J connectivity index is 1.45. The third-order valence-corrected chi connectivity index (χ3v) is 6.54. The van der Waals surface area contributed by atoms with Gasteiger partial charge in [-0.2, -0.15) is 10.1 Å². The molecule has 6 rings (SSSR count). The Morgan fingerprint density at radius 3 is 2.41 bits per heavy atom. The number of carbonyl (C=O) groups is 2. The van der Waals surface area contributed by atoms with Crippen LogP contribution in [-0.4, -0.2) is 39.7 Å². The SMILES string of the molecule is CCOc1cc(C=NN2C(=O)C3C4C=CC(C5CC45)C3C2=O)cc([N+](=O)[O-])c1O. The third-order valence-electron chi connectivity index (χ3n) is 6.54. The summed E-state index contributed by atoms with van der Waals surface area (Å²) in [6.45, 7) is 1.89. The first-order valence-corrected chi connectivity index (χ1v) is 9.66. The number of imide groups is 1. The molecule has 4 aliphatic carbocycles. The van der Waals surface area contributed by atoms with Crippen LogP contribution in [-0.2, 0) is 9.59 Å². The van der Waals surface area contributed by atoms with E-state index in [-0.39, 0.29) is 53.4 Å². The van der Waals surface area contributed by atoms with Gasteiger partial charge in [0.15, 0.2) is 5.75 Å². The van der Waals surface area contributed by atoms with Crippen LogP contribution in [0.25, 0.3) is 0 Å². The van der Waals surface area contributed by atoms with Crippen LogP contribution < -0.4 is 4.74 Å². The predicted octanol–water partition coefficient (Wildman–Crippen LogP) is 2.09. The van der Waals surface area contributed by atoms with Crippen molar-refractivity contribution >= 4 is 23.7 Å². The van der Waals surface area contributed by atoms with Crippen LogP contribution >= 0.6 is 0 Å². The van der Waals surface area contributed by atoms with E-state index in [0.29, 0.717) is 11.8 Å². The van der Waals surface area contributed by atoms with Crippen molar-refractivity contribution < 1.29 is 24.4 Å². The Bertz CT molecular complexity index is 966. The molecule has 9 heteroatoms. The lowest BCUT2D eigenvalue weighted by molar-refractivity contribution is -0.386. The molecule has 2 amide bonds. The standard InChI is InChI=1S/C20H19N3O6/c1-2-29-15-6-9(5-14(18(15)24)23(27)28)8-21-22-19(25)16-10-3-4-11(13-7-12(10)13)17(16)20(22)26/h3-6,8,10-13,16-17,24H,2,7H2,1H3. The molecule has 1 aliphatic heterocycles. The normalized spacial score (nSPS) is 33.9. The van der Waals surface area contributed by atoms with Crippen molar-refractivity contribution in [3.05, 3.63) is 40.0 Å². The van der Waals surface area contributed by atoms with Gasteiger partial charge in [0, 0.05) is 11.6 Å². The van der Waals surface area contributed by atoms with Crippen LogP contribution in [0.2, 0.25) is 0 Å². The van der Waals surface area contributed by atoms with Gasteiger partial charge in [-0.05, 0) is 43.1 Å². The summed E-state index contributed by atoms with van der Waals surface area (Å²) in [5, 5.41) is 26.2. The summed E-state index contributed by atoms with van der Waals surface area (Å²) in [6.07, 6.45) is 6.46. The molecule has 1 aromatic carbocycles. The highest BCUT2D eigenvalue weighted by atomic mass is 16.6. The van der Waals surface area contributed by atoms with Gasteiger partial charge in [0.2, 0.25) is 5.75 Å². The number of hydrogen-bond acceptors (Lipinski definition) is 7. The first-order chi connectivity index (χ1) is 13.9. The quantitative estimate of drug-likeness (QED) is 0.267. The molecule has 0 spiro atoms. The van der Waals surface area contributed by atoms with E-state index in [1.54, 1.807) is 6.92 Å². The predicted molar refractivity (Wildman–Crippen MR) is 100 cm³/mol. The van der Waals surface area contributed by atoms with Crippen molar-refractivity contribution in [1.29, 1.82) is 0 Å². The molecule has 1 N–H and O–H groups in total. The number of phenolic OH excluding ortho intramolecular Hbond substituents is 1. The zero-order chi connectivity index (χ0) is 20.4. The number of phenols is 1. The number of rotatable bonds is 5. The van der Waals surface area contributed by atoms with Gasteiger partial charge in [0.25, 0.3) is 11.8 Å². The molecule has 1 heterocycles. The van der Waals surface area contributed by atoms with E-state index in [2.05, 4.69) is 17.3 Å². The second-order valence-electron chi connectivity index (χ2n) is 7.96. The van der Waals surface area contributed by atoms with Gasteiger partial charge in [-0.1, -0.05) is 12.2 Å². The van der Waals surface area contributed by atoms with Gasteiger partial charge in [-0.25, -0.2) is 0 Å². The van der Waals surface area contributed by atoms with Crippen LogP contribution in [0.1, 0.15) is 18.9 Å². The Morgan fingerprint density at radius 1 is 1.24 bits per heavy atom. The van der Waals surface area contributed by atoms with E-state index in [1.165, 1.54) is 12.3 Å². The van der Waals surface area contributed by atoms with Crippen molar-refractivity contribution in [3.63, 3.8) is 0 Å². The van der Waals surface area contributed by atoms with Gasteiger partial charge >= 0.3 is 5.69 Å². The summed E-state index contributed by atoms with van der Waals surface area (Å²) >= 11 is 0. The second-order valence-corrected chi connectivity index (χ2v) is 7.96. The summed E-state index contributed by atoms with van der Waals surface area (Å²) in [4.78, 5) is 36.3. The molecule has 0 aromatic heterocycles. The van der Waals surface area contributed by atoms with Crippen LogP contribution in [0.5, 0.6) is 11.5 Å². The largest absolute Gasteiger partial charge is 0.500 e. The van der Waals surface area contributed by atoms with Crippen LogP contribution in [0.4, 0.5) is 5.69 Å². The lowest BCUT2D eigenvalue weighted by atomic mass is 9.63. The van der Waals surface area contributed by atoms with Crippen molar-refractivity contribution in [2.75, 3.05) is 6.61 Å². The number of amides is 2. The number of nitro groups is 1. The molecule has 29 heavy (non-hydrogen) atoms. The Morgan fingerprint density at radius 2 is 1.86 bits per heavy atom. The Hall–Kier alpha value is -3.23. The summed E-state index contributed by atoms with van der Waals surface area (Å²) in [5.41, 5.74) is -0.287. The topological polar surface area (TPSA) is 122 Å². The highest BCUT2D eigenvalue weighted by molar-refractivity contribution is 6.06. The van der Waals surface area contributed by atoms with E-state index >= 15 is 0 Å². The first kappa shape index (κ1) is 17.8. The van der Waals surface area contributed by atoms with E-state index in [1.807, 2.05) is 0 Å². The number of allylic oxidation sites excluding steroid dienone is 2. The Labute approximate surface area is 165 Å². The lowest BCUT2D eigenvalue weighted by Crippen LogP contribution is -2.40. The maximum absolute atomic E-state index is 12.9. The minimum Gasteiger partial charge on any atom is -0.500 e. The molecule has 2 saturated carbocycles. The highest BCUT2D eigenvalue weighted by Crippen LogP contribution is 2.65. The summed E-state index contributed by atoms with van der Waals surface area (Å²) < 4.78 is 5.24. The molecule has 1 saturated heterocycles. The van der Waals surface area contributed by atoms with E-state index in [9.17, 15) is 24.8 Å². The zero-order valence-electron chi connectivity index (χ0n) is 15.6. The number of benzene rings is 1. The highest BCUT2D eigenvalue weighted by Gasteiger charge is 2.67. The number of nitrogens with zero attached hydrogens (tertiary/aromatic N) is 3. The minimum absolute atomic E-state index is 0.0572. The number of nitro benzene ring substituents is 1. The molecule has 5 aliphatic rings. The van der Waals surface area contributed by atoms with Gasteiger partial charge in [0.05, 0.1) is 29.6 Å². The molecular formula is C20H19N3O6. The van der Waals surface area contributed by atoms with Gasteiger partial charge in [0.1, 0.15) is 0 Å². The van der Waals surface area contributed by atoms with E-state index in [4.69, 9.17) is 4.74 Å². The number of hydrogen-bond donors (Lipinski definition) is 1. The summed E-state index contributed by atoms with van der Waals surface area (Å²) in [7, 11) is 0. The lowest BCUT2D eigenvalue weighted by Gasteiger charge is -2.37. The smallest absolute Gasteiger partial charge is 0.315 e. The molecular weight excluding hydrogens is 378 g/mol. The zero-order valence-corrected chi connectivity index (χ0v) is 15.6. The van der Waals surface area contributed by atoms with Crippen molar-refractivity contribution in [1.82, 2.24) is 5.01 Å². The average Bonchev–Trinajstić information content (AvgIpc) is 3.47. The fraction of sp³-hybridized carbons (Fsp3) is 0.450. The number of hydrazone groups is 1. The fourth-order valence-electron chi connectivity index (χ4n) is 5.27. The fourth-order valence-corrected chi connectivity index (χ4v) is 5.27. The second kappa shape index (κ2) is 6.13. The maximum atomic E-state index is 12.9. The number of carbonyl (C=O) groups excluding carboxylic acids is 2. The van der Waals surface area contributed by atoms with Crippen LogP contribution in [0.3, 0.4) is 0 Å². The molecule has 1 aromatic rings. The van der Waals surface area contributed by atoms with Crippen molar-refractivity contribution in [2.24, 2.45) is 40.6 Å². The van der Waals surface area contributed by atoms with Gasteiger partial charge in [-0.15, -0.1) is 0 Å². The molecule has 150 valence electrons. The molecule has 2 bridgehead atoms. The number of aromatic hydroxyl groups is 1. The van der Waals surface area contributed by atoms with Crippen molar-refractivity contribution in [2.45, 2.75) is 13.3 Å². The molecule has 9 nitrogen and oxygen atoms in total. The maximum Gasteiger partial charge on any atom is 0.315 e. The summed E-state index contributed by atoms with van der Waals surface area (Å²) in [6, 6.07) is 2.51. The monoisotopic (exact) mass is 397 g/mol. The summed E-state index contributed by atoms with van der Waals surface area (Å²) in [5.74, 6) is -0.747. The minimum atomic E-state index is -0.731. The average molecular weight is 397 g/mol. The molecule has 3 fully saturated rings. The van der Waals surface area contributed by atoms with Crippen LogP contribution in [0.15, 0.2) is 29.4 Å². The van der Waals surface area contributed by atoms with E-state index < -0.39 is 16.4 Å². The number of ether oxygens (including phenoxy) is 1. The molecule has 0 radical (unpaired) electrons. The van der Waals surface area contributed by atoms with Gasteiger partial charge in [-0.3, -0.25) is 19.7 Å². The Kier molecular flexibility index (Phi) is 3.77. The molecule has 6 atom stereocenters. The third kappa shape index (κ3) is 2.49. The van der Waals surface area contributed by atoms with Crippen molar-refractivity contribution in [3.8, 4) is 11.5 Å².